The van der Waals surface area contributed by atoms with Gasteiger partial charge in [-0.1, -0.05) is 0 Å². The van der Waals surface area contributed by atoms with Crippen molar-refractivity contribution in [1.82, 2.24) is 14.8 Å². The zero-order chi connectivity index (χ0) is 14.8. The van der Waals surface area contributed by atoms with E-state index in [-0.39, 0.29) is 4.90 Å². The fourth-order valence-electron chi connectivity index (χ4n) is 1.48. The van der Waals surface area contributed by atoms with Crippen LogP contribution in [0.5, 0.6) is 0 Å². The maximum absolute atomic E-state index is 12.1. The van der Waals surface area contributed by atoms with Gasteiger partial charge in [-0.25, -0.2) is 8.42 Å². The number of carboxylic acids is 1. The standard InChI is InChI=1S/C11H12N4O4S/c1-8-2-3-12-5-10(8)14-20(18,19)9-4-13-15(6-9)7-11(16)17/h2-6,14H,7H2,1H3,(H,16,17). The number of carboxylic acid groups (broad SMARTS) is 1. The highest BCUT2D eigenvalue weighted by Gasteiger charge is 2.18. The van der Waals surface area contributed by atoms with Gasteiger partial charge in [0.1, 0.15) is 11.4 Å². The van der Waals surface area contributed by atoms with Crippen molar-refractivity contribution in [2.75, 3.05) is 4.72 Å². The summed E-state index contributed by atoms with van der Waals surface area (Å²) in [5, 5.41) is 12.3. The summed E-state index contributed by atoms with van der Waals surface area (Å²) in [7, 11) is -3.82. The number of sulfonamides is 1. The molecule has 0 aliphatic heterocycles. The summed E-state index contributed by atoms with van der Waals surface area (Å²) in [5.41, 5.74) is 1.08. The van der Waals surface area contributed by atoms with E-state index in [0.29, 0.717) is 5.69 Å². The summed E-state index contributed by atoms with van der Waals surface area (Å²) in [6, 6.07) is 1.67. The van der Waals surface area contributed by atoms with Gasteiger partial charge in [-0.2, -0.15) is 5.10 Å². The second-order valence-corrected chi connectivity index (χ2v) is 5.75. The van der Waals surface area contributed by atoms with E-state index in [2.05, 4.69) is 14.8 Å². The Labute approximate surface area is 115 Å². The number of nitrogens with one attached hydrogen (secondary N) is 1. The number of nitrogens with zero attached hydrogens (tertiary/aromatic N) is 3. The zero-order valence-corrected chi connectivity index (χ0v) is 11.3. The lowest BCUT2D eigenvalue weighted by Gasteiger charge is -2.07. The molecule has 0 amide bonds. The van der Waals surface area contributed by atoms with Crippen LogP contribution in [0.1, 0.15) is 5.56 Å². The Morgan fingerprint density at radius 3 is 2.85 bits per heavy atom. The predicted octanol–water partition coefficient (Wildman–Crippen LogP) is 0.472. The smallest absolute Gasteiger partial charge is 0.325 e. The first-order valence-electron chi connectivity index (χ1n) is 5.56. The Hall–Kier alpha value is -2.42. The van der Waals surface area contributed by atoms with Crippen molar-refractivity contribution in [2.45, 2.75) is 18.4 Å². The van der Waals surface area contributed by atoms with Crippen molar-refractivity contribution in [3.63, 3.8) is 0 Å². The van der Waals surface area contributed by atoms with Gasteiger partial charge < -0.3 is 5.11 Å². The highest BCUT2D eigenvalue weighted by Crippen LogP contribution is 2.17. The number of aliphatic carboxylic acids is 1. The van der Waals surface area contributed by atoms with E-state index in [0.717, 1.165) is 22.6 Å². The monoisotopic (exact) mass is 296 g/mol. The molecule has 0 saturated carbocycles. The average molecular weight is 296 g/mol. The van der Waals surface area contributed by atoms with Crippen molar-refractivity contribution >= 4 is 21.7 Å². The molecule has 20 heavy (non-hydrogen) atoms. The molecule has 0 aliphatic rings. The first-order chi connectivity index (χ1) is 9.38. The van der Waals surface area contributed by atoms with Gasteiger partial charge in [-0.05, 0) is 18.6 Å². The van der Waals surface area contributed by atoms with Crippen molar-refractivity contribution in [3.8, 4) is 0 Å². The van der Waals surface area contributed by atoms with E-state index in [4.69, 9.17) is 5.11 Å². The molecule has 106 valence electrons. The molecule has 0 unspecified atom stereocenters. The number of pyridine rings is 1. The average Bonchev–Trinajstić information content (AvgIpc) is 2.80. The molecule has 0 saturated heterocycles. The quantitative estimate of drug-likeness (QED) is 0.829. The maximum atomic E-state index is 12.1. The van der Waals surface area contributed by atoms with E-state index in [1.165, 1.54) is 6.20 Å². The maximum Gasteiger partial charge on any atom is 0.325 e. The van der Waals surface area contributed by atoms with Crippen molar-refractivity contribution in [3.05, 3.63) is 36.4 Å². The molecule has 2 aromatic heterocycles. The lowest BCUT2D eigenvalue weighted by atomic mass is 10.3. The van der Waals surface area contributed by atoms with Crippen LogP contribution in [0.25, 0.3) is 0 Å². The van der Waals surface area contributed by atoms with Gasteiger partial charge in [0.2, 0.25) is 0 Å². The van der Waals surface area contributed by atoms with Crippen LogP contribution in [0.15, 0.2) is 35.7 Å². The Morgan fingerprint density at radius 1 is 1.45 bits per heavy atom. The molecule has 8 nitrogen and oxygen atoms in total. The minimum Gasteiger partial charge on any atom is -0.480 e. The van der Waals surface area contributed by atoms with Crippen LogP contribution in [-0.2, 0) is 21.4 Å². The first-order valence-corrected chi connectivity index (χ1v) is 7.04. The molecule has 0 spiro atoms. The number of hydrogen-bond donors (Lipinski definition) is 2. The van der Waals surface area contributed by atoms with Crippen molar-refractivity contribution in [1.29, 1.82) is 0 Å². The van der Waals surface area contributed by atoms with Crippen molar-refractivity contribution in [2.24, 2.45) is 0 Å². The van der Waals surface area contributed by atoms with Crippen LogP contribution in [0.4, 0.5) is 5.69 Å². The number of hydrogen-bond acceptors (Lipinski definition) is 5. The number of anilines is 1. The number of aryl methyl sites for hydroxylation is 1. The summed E-state index contributed by atoms with van der Waals surface area (Å²) in [4.78, 5) is 14.3. The first kappa shape index (κ1) is 14.0. The highest BCUT2D eigenvalue weighted by atomic mass is 32.2. The Bertz CT molecular complexity index is 738. The number of carbonyl (C=O) groups is 1. The normalized spacial score (nSPS) is 11.2. The molecule has 2 N–H and O–H groups in total. The second kappa shape index (κ2) is 5.29. The van der Waals surface area contributed by atoms with E-state index in [1.807, 2.05) is 0 Å². The predicted molar refractivity (Wildman–Crippen MR) is 69.6 cm³/mol. The van der Waals surface area contributed by atoms with Crippen LogP contribution in [0, 0.1) is 6.92 Å². The number of rotatable bonds is 5. The molecular formula is C11H12N4O4S. The Kier molecular flexibility index (Phi) is 3.70. The third kappa shape index (κ3) is 3.12. The summed E-state index contributed by atoms with van der Waals surface area (Å²) >= 11 is 0. The summed E-state index contributed by atoms with van der Waals surface area (Å²) < 4.78 is 27.6. The lowest BCUT2D eigenvalue weighted by molar-refractivity contribution is -0.137. The fourth-order valence-corrected chi connectivity index (χ4v) is 2.55. The molecule has 2 aromatic rings. The second-order valence-electron chi connectivity index (χ2n) is 4.06. The minimum absolute atomic E-state index is 0.109. The third-order valence-electron chi connectivity index (χ3n) is 2.50. The SMILES string of the molecule is Cc1ccncc1NS(=O)(=O)c1cnn(CC(=O)O)c1. The van der Waals surface area contributed by atoms with Crippen LogP contribution < -0.4 is 4.72 Å². The molecule has 0 atom stereocenters. The Morgan fingerprint density at radius 2 is 2.20 bits per heavy atom. The van der Waals surface area contributed by atoms with E-state index < -0.39 is 22.5 Å². The topological polar surface area (TPSA) is 114 Å². The van der Waals surface area contributed by atoms with Gasteiger partial charge in [0.15, 0.2) is 0 Å². The van der Waals surface area contributed by atoms with E-state index >= 15 is 0 Å². The van der Waals surface area contributed by atoms with Gasteiger partial charge in [-0.15, -0.1) is 0 Å². The van der Waals surface area contributed by atoms with E-state index in [1.54, 1.807) is 19.2 Å². The van der Waals surface area contributed by atoms with Gasteiger partial charge >= 0.3 is 5.97 Å². The molecule has 9 heteroatoms. The van der Waals surface area contributed by atoms with E-state index in [9.17, 15) is 13.2 Å². The molecule has 2 heterocycles. The van der Waals surface area contributed by atoms with Crippen molar-refractivity contribution < 1.29 is 18.3 Å². The summed E-state index contributed by atoms with van der Waals surface area (Å²) in [6.45, 7) is 1.34. The molecule has 0 radical (unpaired) electrons. The molecule has 0 aromatic carbocycles. The lowest BCUT2D eigenvalue weighted by Crippen LogP contribution is -2.13. The molecule has 0 aliphatic carbocycles. The summed E-state index contributed by atoms with van der Waals surface area (Å²) in [5.74, 6) is -1.10. The Balaban J connectivity index is 2.25. The van der Waals surface area contributed by atoms with Gasteiger partial charge in [0.05, 0.1) is 18.1 Å². The van der Waals surface area contributed by atoms with Gasteiger partial charge in [0.25, 0.3) is 10.0 Å². The zero-order valence-electron chi connectivity index (χ0n) is 10.5. The highest BCUT2D eigenvalue weighted by molar-refractivity contribution is 7.92. The minimum atomic E-state index is -3.82. The number of aromatic nitrogens is 3. The van der Waals surface area contributed by atoms with Crippen LogP contribution in [-0.4, -0.2) is 34.3 Å². The summed E-state index contributed by atoms with van der Waals surface area (Å²) in [6.07, 6.45) is 5.20. The third-order valence-corrected chi connectivity index (χ3v) is 3.82. The van der Waals surface area contributed by atoms with Gasteiger partial charge in [-0.3, -0.25) is 19.2 Å². The van der Waals surface area contributed by atoms with Crippen LogP contribution in [0.3, 0.4) is 0 Å². The molecule has 2 rings (SSSR count). The van der Waals surface area contributed by atoms with Crippen LogP contribution in [0.2, 0.25) is 0 Å². The molecule has 0 fully saturated rings. The molecular weight excluding hydrogens is 284 g/mol. The molecule has 0 bridgehead atoms. The van der Waals surface area contributed by atoms with Gasteiger partial charge in [0, 0.05) is 12.4 Å². The largest absolute Gasteiger partial charge is 0.480 e. The van der Waals surface area contributed by atoms with Crippen LogP contribution >= 0.6 is 0 Å². The fraction of sp³-hybridized carbons (Fsp3) is 0.182.